The van der Waals surface area contributed by atoms with Crippen LogP contribution in [0.2, 0.25) is 0 Å². The minimum Gasteiger partial charge on any atom is -0.344 e. The van der Waals surface area contributed by atoms with E-state index in [9.17, 15) is 4.79 Å². The van der Waals surface area contributed by atoms with E-state index >= 15 is 0 Å². The summed E-state index contributed by atoms with van der Waals surface area (Å²) < 4.78 is 5.44. The van der Waals surface area contributed by atoms with Gasteiger partial charge in [-0.1, -0.05) is 63.5 Å². The number of aryl methyl sites for hydroxylation is 1. The summed E-state index contributed by atoms with van der Waals surface area (Å²) in [6, 6.07) is 7.66. The molecule has 0 radical (unpaired) electrons. The van der Waals surface area contributed by atoms with Crippen molar-refractivity contribution >= 4 is 5.91 Å². The average molecular weight is 329 g/mol. The summed E-state index contributed by atoms with van der Waals surface area (Å²) in [5, 5.41) is 7.11. The van der Waals surface area contributed by atoms with E-state index in [2.05, 4.69) is 15.5 Å². The van der Waals surface area contributed by atoms with Gasteiger partial charge >= 0.3 is 0 Å². The van der Waals surface area contributed by atoms with Gasteiger partial charge in [-0.25, -0.2) is 0 Å². The van der Waals surface area contributed by atoms with Crippen molar-refractivity contribution in [2.75, 3.05) is 0 Å². The van der Waals surface area contributed by atoms with Gasteiger partial charge < -0.3 is 9.84 Å². The third kappa shape index (κ3) is 4.91. The largest absolute Gasteiger partial charge is 0.344 e. The second-order valence-electron chi connectivity index (χ2n) is 7.85. The molecule has 0 aliphatic heterocycles. The molecule has 5 nitrogen and oxygen atoms in total. The molecule has 5 heteroatoms. The number of hydrogen-bond acceptors (Lipinski definition) is 4. The molecule has 24 heavy (non-hydrogen) atoms. The van der Waals surface area contributed by atoms with Gasteiger partial charge in [0, 0.05) is 12.0 Å². The minimum atomic E-state index is -0.286. The van der Waals surface area contributed by atoms with E-state index in [4.69, 9.17) is 4.52 Å². The number of carbonyl (C=O) groups is 1. The molecule has 0 saturated carbocycles. The molecule has 0 bridgehead atoms. The Bertz CT molecular complexity index is 699. The topological polar surface area (TPSA) is 68.0 Å². The number of rotatable bonds is 5. The Labute approximate surface area is 143 Å². The summed E-state index contributed by atoms with van der Waals surface area (Å²) in [7, 11) is 0. The van der Waals surface area contributed by atoms with Crippen LogP contribution in [0.25, 0.3) is 11.4 Å². The molecular weight excluding hydrogens is 302 g/mol. The lowest BCUT2D eigenvalue weighted by molar-refractivity contribution is -0.124. The summed E-state index contributed by atoms with van der Waals surface area (Å²) >= 11 is 0. The number of nitrogens with zero attached hydrogens (tertiary/aromatic N) is 2. The molecule has 1 N–H and O–H groups in total. The Morgan fingerprint density at radius 2 is 2.00 bits per heavy atom. The van der Waals surface area contributed by atoms with Crippen molar-refractivity contribution in [2.45, 2.75) is 54.0 Å². The van der Waals surface area contributed by atoms with Gasteiger partial charge in [0.15, 0.2) is 0 Å². The Kier molecular flexibility index (Phi) is 5.42. The van der Waals surface area contributed by atoms with Crippen LogP contribution in [0.1, 0.15) is 58.5 Å². The van der Waals surface area contributed by atoms with Crippen LogP contribution in [0, 0.1) is 18.3 Å². The molecule has 0 fully saturated rings. The van der Waals surface area contributed by atoms with Crippen LogP contribution < -0.4 is 5.32 Å². The van der Waals surface area contributed by atoms with Gasteiger partial charge in [0.1, 0.15) is 6.04 Å². The predicted molar refractivity (Wildman–Crippen MR) is 94.3 cm³/mol. The first-order valence-electron chi connectivity index (χ1n) is 8.36. The first-order chi connectivity index (χ1) is 11.2. The predicted octanol–water partition coefficient (Wildman–Crippen LogP) is 4.29. The summed E-state index contributed by atoms with van der Waals surface area (Å²) in [6.45, 7) is 12.2. The molecule has 0 aliphatic rings. The zero-order chi connectivity index (χ0) is 17.9. The Hall–Kier alpha value is -2.17. The van der Waals surface area contributed by atoms with Crippen molar-refractivity contribution < 1.29 is 9.32 Å². The second-order valence-corrected chi connectivity index (χ2v) is 7.85. The molecule has 0 aliphatic carbocycles. The van der Waals surface area contributed by atoms with Gasteiger partial charge in [-0.15, -0.1) is 0 Å². The van der Waals surface area contributed by atoms with E-state index in [0.29, 0.717) is 18.1 Å². The van der Waals surface area contributed by atoms with Crippen molar-refractivity contribution in [1.82, 2.24) is 15.5 Å². The van der Waals surface area contributed by atoms with Crippen molar-refractivity contribution in [3.63, 3.8) is 0 Å². The fourth-order valence-corrected chi connectivity index (χ4v) is 2.48. The normalized spacial score (nSPS) is 13.1. The molecule has 0 spiro atoms. The first-order valence-corrected chi connectivity index (χ1v) is 8.36. The highest BCUT2D eigenvalue weighted by atomic mass is 16.5. The smallest absolute Gasteiger partial charge is 0.249 e. The molecule has 1 amide bonds. The third-order valence-corrected chi connectivity index (χ3v) is 3.66. The van der Waals surface area contributed by atoms with Crippen molar-refractivity contribution in [3.05, 3.63) is 35.7 Å². The van der Waals surface area contributed by atoms with E-state index in [1.807, 2.05) is 65.8 Å². The first kappa shape index (κ1) is 18.2. The minimum absolute atomic E-state index is 0.00324. The highest BCUT2D eigenvalue weighted by Gasteiger charge is 2.26. The number of hydrogen-bond donors (Lipinski definition) is 1. The molecule has 2 aromatic rings. The molecule has 1 heterocycles. The number of carbonyl (C=O) groups excluding carboxylic acids is 1. The summed E-state index contributed by atoms with van der Waals surface area (Å²) in [5.74, 6) is 1.14. The summed E-state index contributed by atoms with van der Waals surface area (Å²) in [6.07, 6.45) is 0.453. The maximum Gasteiger partial charge on any atom is 0.249 e. The zero-order valence-corrected chi connectivity index (χ0v) is 15.4. The lowest BCUT2D eigenvalue weighted by Crippen LogP contribution is -2.34. The molecule has 1 atom stereocenters. The van der Waals surface area contributed by atoms with Crippen LogP contribution in [0.4, 0.5) is 0 Å². The third-order valence-electron chi connectivity index (χ3n) is 3.66. The molecule has 0 saturated heterocycles. The Morgan fingerprint density at radius 1 is 1.29 bits per heavy atom. The second kappa shape index (κ2) is 7.16. The monoisotopic (exact) mass is 329 g/mol. The van der Waals surface area contributed by atoms with E-state index in [1.165, 1.54) is 0 Å². The van der Waals surface area contributed by atoms with Gasteiger partial charge in [-0.3, -0.25) is 4.79 Å². The zero-order valence-electron chi connectivity index (χ0n) is 15.4. The van der Waals surface area contributed by atoms with E-state index in [-0.39, 0.29) is 23.3 Å². The van der Waals surface area contributed by atoms with Gasteiger partial charge in [-0.2, -0.15) is 4.98 Å². The maximum absolute atomic E-state index is 12.3. The van der Waals surface area contributed by atoms with Crippen LogP contribution in [-0.4, -0.2) is 16.0 Å². The lowest BCUT2D eigenvalue weighted by Gasteiger charge is -2.22. The fraction of sp³-hybridized carbons (Fsp3) is 0.526. The van der Waals surface area contributed by atoms with Crippen molar-refractivity contribution in [2.24, 2.45) is 11.3 Å². The van der Waals surface area contributed by atoms with Gasteiger partial charge in [0.2, 0.25) is 17.6 Å². The molecule has 0 unspecified atom stereocenters. The number of aromatic nitrogens is 2. The van der Waals surface area contributed by atoms with Crippen LogP contribution in [0.3, 0.4) is 0 Å². The quantitative estimate of drug-likeness (QED) is 0.888. The SMILES string of the molecule is Cc1cccc(-c2noc([C@H](NC(=O)CC(C)(C)C)C(C)C)n2)c1. The highest BCUT2D eigenvalue weighted by molar-refractivity contribution is 5.77. The number of benzene rings is 1. The van der Waals surface area contributed by atoms with E-state index in [0.717, 1.165) is 11.1 Å². The average Bonchev–Trinajstić information content (AvgIpc) is 2.92. The van der Waals surface area contributed by atoms with Crippen molar-refractivity contribution in [3.8, 4) is 11.4 Å². The number of amides is 1. The Morgan fingerprint density at radius 3 is 2.58 bits per heavy atom. The number of nitrogens with one attached hydrogen (secondary N) is 1. The van der Waals surface area contributed by atoms with Crippen LogP contribution in [-0.2, 0) is 4.79 Å². The van der Waals surface area contributed by atoms with Crippen LogP contribution >= 0.6 is 0 Å². The molecule has 1 aromatic carbocycles. The molecule has 1 aromatic heterocycles. The highest BCUT2D eigenvalue weighted by Crippen LogP contribution is 2.25. The summed E-state index contributed by atoms with van der Waals surface area (Å²) in [4.78, 5) is 16.8. The lowest BCUT2D eigenvalue weighted by atomic mass is 9.91. The van der Waals surface area contributed by atoms with Gasteiger partial charge in [-0.05, 0) is 24.3 Å². The van der Waals surface area contributed by atoms with Crippen LogP contribution in [0.15, 0.2) is 28.8 Å². The van der Waals surface area contributed by atoms with Crippen LogP contribution in [0.5, 0.6) is 0 Å². The summed E-state index contributed by atoms with van der Waals surface area (Å²) in [5.41, 5.74) is 1.99. The maximum atomic E-state index is 12.3. The Balaban J connectivity index is 2.19. The fourth-order valence-electron chi connectivity index (χ4n) is 2.48. The molecule has 2 rings (SSSR count). The van der Waals surface area contributed by atoms with Crippen molar-refractivity contribution in [1.29, 1.82) is 0 Å². The van der Waals surface area contributed by atoms with E-state index < -0.39 is 0 Å². The molecule has 130 valence electrons. The molecular formula is C19H27N3O2. The standard InChI is InChI=1S/C19H27N3O2/c1-12(2)16(20-15(23)11-19(4,5)6)18-21-17(22-24-18)14-9-7-8-13(3)10-14/h7-10,12,16H,11H2,1-6H3,(H,20,23)/t16-/m1/s1. The van der Waals surface area contributed by atoms with Gasteiger partial charge in [0.05, 0.1) is 0 Å². The van der Waals surface area contributed by atoms with Gasteiger partial charge in [0.25, 0.3) is 0 Å². The van der Waals surface area contributed by atoms with E-state index in [1.54, 1.807) is 0 Å².